The minimum atomic E-state index is -0.820. The largest absolute Gasteiger partial charge is 0.480 e. The van der Waals surface area contributed by atoms with Crippen LogP contribution in [0.15, 0.2) is 12.2 Å². The Labute approximate surface area is 89.3 Å². The van der Waals surface area contributed by atoms with Gasteiger partial charge in [0, 0.05) is 0 Å². The number of carboxylic acids is 1. The second-order valence-electron chi connectivity index (χ2n) is 5.44. The zero-order chi connectivity index (χ0) is 10.6. The van der Waals surface area contributed by atoms with Crippen molar-refractivity contribution in [1.82, 2.24) is 0 Å². The number of allylic oxidation sites excluding steroid dienone is 2. The third-order valence-corrected chi connectivity index (χ3v) is 4.73. The van der Waals surface area contributed by atoms with E-state index >= 15 is 0 Å². The maximum atomic E-state index is 11.0. The van der Waals surface area contributed by atoms with E-state index in [2.05, 4.69) is 12.2 Å². The van der Waals surface area contributed by atoms with Crippen molar-refractivity contribution in [3.05, 3.63) is 12.2 Å². The summed E-state index contributed by atoms with van der Waals surface area (Å²) < 4.78 is 0. The summed E-state index contributed by atoms with van der Waals surface area (Å²) in [6.07, 6.45) is 9.02. The van der Waals surface area contributed by atoms with Crippen molar-refractivity contribution in [2.24, 2.45) is 28.9 Å². The molecule has 0 amide bonds. The van der Waals surface area contributed by atoms with Crippen molar-refractivity contribution in [2.45, 2.75) is 31.7 Å². The summed E-state index contributed by atoms with van der Waals surface area (Å²) in [6.45, 7) is 0. The van der Waals surface area contributed by atoms with Crippen LogP contribution in [0.2, 0.25) is 0 Å². The molecule has 3 aliphatic rings. The molecule has 2 bridgehead atoms. The number of hydrogen-bond donors (Lipinski definition) is 2. The highest BCUT2D eigenvalue weighted by atomic mass is 16.4. The molecule has 0 saturated heterocycles. The molecular weight excluding hydrogens is 190 g/mol. The molecule has 0 heterocycles. The molecule has 2 fully saturated rings. The van der Waals surface area contributed by atoms with E-state index in [0.29, 0.717) is 17.8 Å². The molecule has 0 aromatic heterocycles. The zero-order valence-corrected chi connectivity index (χ0v) is 8.73. The first kappa shape index (κ1) is 9.40. The van der Waals surface area contributed by atoms with Crippen LogP contribution in [0, 0.1) is 23.2 Å². The first-order valence-corrected chi connectivity index (χ1v) is 5.80. The molecule has 0 aromatic rings. The van der Waals surface area contributed by atoms with Gasteiger partial charge in [0.15, 0.2) is 0 Å². The first-order valence-electron chi connectivity index (χ1n) is 5.80. The van der Waals surface area contributed by atoms with Crippen molar-refractivity contribution in [2.75, 3.05) is 0 Å². The van der Waals surface area contributed by atoms with E-state index in [-0.39, 0.29) is 5.41 Å². The smallest absolute Gasteiger partial charge is 0.321 e. The van der Waals surface area contributed by atoms with Gasteiger partial charge in [0.2, 0.25) is 0 Å². The SMILES string of the molecule is NC(C(=O)O)C1(C2CC3C=CC2C3)CC1. The number of aliphatic carboxylic acids is 1. The second kappa shape index (κ2) is 2.85. The van der Waals surface area contributed by atoms with E-state index in [1.807, 2.05) is 0 Å². The fraction of sp³-hybridized carbons (Fsp3) is 0.750. The fourth-order valence-corrected chi connectivity index (χ4v) is 3.74. The van der Waals surface area contributed by atoms with Crippen molar-refractivity contribution in [3.8, 4) is 0 Å². The van der Waals surface area contributed by atoms with Gasteiger partial charge in [-0.3, -0.25) is 4.79 Å². The highest BCUT2D eigenvalue weighted by Crippen LogP contribution is 2.63. The number of nitrogens with two attached hydrogens (primary N) is 1. The third kappa shape index (κ3) is 1.19. The van der Waals surface area contributed by atoms with Gasteiger partial charge < -0.3 is 10.8 Å². The molecule has 4 unspecified atom stereocenters. The lowest BCUT2D eigenvalue weighted by molar-refractivity contribution is -0.141. The van der Waals surface area contributed by atoms with Crippen molar-refractivity contribution >= 4 is 5.97 Å². The molecule has 3 aliphatic carbocycles. The van der Waals surface area contributed by atoms with Gasteiger partial charge in [0.1, 0.15) is 6.04 Å². The average molecular weight is 207 g/mol. The number of rotatable bonds is 3. The van der Waals surface area contributed by atoms with E-state index in [1.165, 1.54) is 12.8 Å². The van der Waals surface area contributed by atoms with Gasteiger partial charge in [0.25, 0.3) is 0 Å². The Hall–Kier alpha value is -0.830. The van der Waals surface area contributed by atoms with Crippen LogP contribution in [-0.2, 0) is 4.79 Å². The van der Waals surface area contributed by atoms with Crippen molar-refractivity contribution < 1.29 is 9.90 Å². The Bertz CT molecular complexity index is 333. The summed E-state index contributed by atoms with van der Waals surface area (Å²) >= 11 is 0. The molecule has 15 heavy (non-hydrogen) atoms. The molecule has 3 N–H and O–H groups in total. The number of carbonyl (C=O) groups is 1. The van der Waals surface area contributed by atoms with Gasteiger partial charge in [-0.1, -0.05) is 12.2 Å². The zero-order valence-electron chi connectivity index (χ0n) is 8.73. The Balaban J connectivity index is 1.82. The Morgan fingerprint density at radius 3 is 2.53 bits per heavy atom. The molecule has 0 radical (unpaired) electrons. The van der Waals surface area contributed by atoms with Gasteiger partial charge >= 0.3 is 5.97 Å². The van der Waals surface area contributed by atoms with Crippen molar-refractivity contribution in [3.63, 3.8) is 0 Å². The molecule has 4 atom stereocenters. The Morgan fingerprint density at radius 1 is 1.40 bits per heavy atom. The molecule has 82 valence electrons. The Morgan fingerprint density at radius 2 is 2.13 bits per heavy atom. The quantitative estimate of drug-likeness (QED) is 0.687. The summed E-state index contributed by atoms with van der Waals surface area (Å²) in [5, 5.41) is 9.05. The minimum Gasteiger partial charge on any atom is -0.480 e. The average Bonchev–Trinajstić information content (AvgIpc) is 2.74. The maximum Gasteiger partial charge on any atom is 0.321 e. The van der Waals surface area contributed by atoms with Crippen LogP contribution in [0.25, 0.3) is 0 Å². The van der Waals surface area contributed by atoms with Crippen LogP contribution in [-0.4, -0.2) is 17.1 Å². The van der Waals surface area contributed by atoms with E-state index in [4.69, 9.17) is 10.8 Å². The maximum absolute atomic E-state index is 11.0. The number of fused-ring (bicyclic) bond motifs is 2. The highest BCUT2D eigenvalue weighted by Gasteiger charge is 2.60. The van der Waals surface area contributed by atoms with Gasteiger partial charge in [-0.25, -0.2) is 0 Å². The summed E-state index contributed by atoms with van der Waals surface area (Å²) in [7, 11) is 0. The molecule has 3 heteroatoms. The third-order valence-electron chi connectivity index (χ3n) is 4.73. The molecular formula is C12H17NO2. The van der Waals surface area contributed by atoms with Crippen molar-refractivity contribution in [1.29, 1.82) is 0 Å². The molecule has 3 rings (SSSR count). The fourth-order valence-electron chi connectivity index (χ4n) is 3.74. The van der Waals surface area contributed by atoms with Crippen LogP contribution in [0.4, 0.5) is 0 Å². The van der Waals surface area contributed by atoms with Gasteiger partial charge in [0.05, 0.1) is 0 Å². The number of carboxylic acid groups (broad SMARTS) is 1. The molecule has 3 nitrogen and oxygen atoms in total. The lowest BCUT2D eigenvalue weighted by Crippen LogP contribution is -2.44. The van der Waals surface area contributed by atoms with Gasteiger partial charge in [-0.05, 0) is 48.9 Å². The lowest BCUT2D eigenvalue weighted by Gasteiger charge is -2.31. The molecule has 2 saturated carbocycles. The summed E-state index contributed by atoms with van der Waals surface area (Å²) in [5.74, 6) is 1.04. The lowest BCUT2D eigenvalue weighted by atomic mass is 9.75. The Kier molecular flexibility index (Phi) is 1.78. The monoisotopic (exact) mass is 207 g/mol. The predicted molar refractivity (Wildman–Crippen MR) is 56.1 cm³/mol. The topological polar surface area (TPSA) is 63.3 Å². The predicted octanol–water partition coefficient (Wildman–Crippen LogP) is 1.39. The summed E-state index contributed by atoms with van der Waals surface area (Å²) in [4.78, 5) is 11.0. The number of hydrogen-bond acceptors (Lipinski definition) is 2. The van der Waals surface area contributed by atoms with E-state index in [0.717, 1.165) is 12.8 Å². The second-order valence-corrected chi connectivity index (χ2v) is 5.44. The van der Waals surface area contributed by atoms with Gasteiger partial charge in [-0.15, -0.1) is 0 Å². The van der Waals surface area contributed by atoms with E-state index in [9.17, 15) is 4.79 Å². The molecule has 0 aliphatic heterocycles. The summed E-state index contributed by atoms with van der Waals surface area (Å²) in [6, 6.07) is -0.643. The highest BCUT2D eigenvalue weighted by molar-refractivity contribution is 5.75. The summed E-state index contributed by atoms with van der Waals surface area (Å²) in [5.41, 5.74) is 5.79. The van der Waals surface area contributed by atoms with Crippen LogP contribution >= 0.6 is 0 Å². The normalized spacial score (nSPS) is 41.8. The van der Waals surface area contributed by atoms with E-state index in [1.54, 1.807) is 0 Å². The molecule has 0 aromatic carbocycles. The standard InChI is InChI=1S/C12H17NO2/c13-10(11(14)15)12(3-4-12)9-6-7-1-2-8(9)5-7/h1-2,7-10H,3-6,13H2,(H,14,15). The van der Waals surface area contributed by atoms with Crippen LogP contribution in [0.1, 0.15) is 25.7 Å². The van der Waals surface area contributed by atoms with Crippen LogP contribution in [0.3, 0.4) is 0 Å². The minimum absolute atomic E-state index is 0.0595. The van der Waals surface area contributed by atoms with Crippen LogP contribution in [0.5, 0.6) is 0 Å². The van der Waals surface area contributed by atoms with E-state index < -0.39 is 12.0 Å². The van der Waals surface area contributed by atoms with Gasteiger partial charge in [-0.2, -0.15) is 0 Å². The van der Waals surface area contributed by atoms with Crippen LogP contribution < -0.4 is 5.73 Å². The first-order chi connectivity index (χ1) is 7.13. The molecule has 0 spiro atoms.